The maximum absolute atomic E-state index is 12.7. The van der Waals surface area contributed by atoms with Crippen molar-refractivity contribution >= 4 is 18.0 Å². The molecule has 0 radical (unpaired) electrons. The molecule has 7 heteroatoms. The predicted octanol–water partition coefficient (Wildman–Crippen LogP) is 2.49. The summed E-state index contributed by atoms with van der Waals surface area (Å²) in [6, 6.07) is 8.02. The Labute approximate surface area is 160 Å². The van der Waals surface area contributed by atoms with Crippen molar-refractivity contribution in [3.8, 4) is 0 Å². The van der Waals surface area contributed by atoms with Crippen LogP contribution in [0.15, 0.2) is 30.3 Å². The van der Waals surface area contributed by atoms with Crippen molar-refractivity contribution in [1.82, 2.24) is 10.2 Å². The summed E-state index contributed by atoms with van der Waals surface area (Å²) in [5, 5.41) is 2.74. The molecular formula is C20H28N2O5. The van der Waals surface area contributed by atoms with Gasteiger partial charge in [0.2, 0.25) is 5.91 Å². The van der Waals surface area contributed by atoms with E-state index in [1.165, 1.54) is 12.0 Å². The highest BCUT2D eigenvalue weighted by molar-refractivity contribution is 5.90. The van der Waals surface area contributed by atoms with E-state index in [4.69, 9.17) is 9.47 Å². The van der Waals surface area contributed by atoms with Crippen molar-refractivity contribution in [2.24, 2.45) is 5.92 Å². The van der Waals surface area contributed by atoms with Gasteiger partial charge in [-0.3, -0.25) is 9.69 Å². The molecule has 148 valence electrons. The molecule has 0 aliphatic carbocycles. The van der Waals surface area contributed by atoms with Gasteiger partial charge in [0.25, 0.3) is 0 Å². The van der Waals surface area contributed by atoms with Gasteiger partial charge in [0.05, 0.1) is 7.11 Å². The number of ether oxygens (including phenoxy) is 2. The molecule has 0 aromatic heterocycles. The molecule has 2 atom stereocenters. The summed E-state index contributed by atoms with van der Waals surface area (Å²) in [6.07, 6.45) is 1.21. The van der Waals surface area contributed by atoms with E-state index in [1.807, 2.05) is 44.2 Å². The molecule has 0 saturated carbocycles. The highest BCUT2D eigenvalue weighted by Crippen LogP contribution is 2.20. The van der Waals surface area contributed by atoms with Crippen molar-refractivity contribution in [3.05, 3.63) is 35.9 Å². The summed E-state index contributed by atoms with van der Waals surface area (Å²) in [5.41, 5.74) is 0.883. The second kappa shape index (κ2) is 9.94. The van der Waals surface area contributed by atoms with Crippen LogP contribution < -0.4 is 5.32 Å². The molecule has 27 heavy (non-hydrogen) atoms. The van der Waals surface area contributed by atoms with Gasteiger partial charge in [0.1, 0.15) is 18.7 Å². The highest BCUT2D eigenvalue weighted by Gasteiger charge is 2.37. The number of likely N-dealkylation sites (tertiary alicyclic amines) is 1. The first-order valence-electron chi connectivity index (χ1n) is 9.28. The number of benzene rings is 1. The molecule has 1 aliphatic rings. The van der Waals surface area contributed by atoms with Gasteiger partial charge in [-0.25, -0.2) is 9.59 Å². The monoisotopic (exact) mass is 376 g/mol. The summed E-state index contributed by atoms with van der Waals surface area (Å²) >= 11 is 0. The molecule has 1 fully saturated rings. The molecule has 7 nitrogen and oxygen atoms in total. The lowest BCUT2D eigenvalue weighted by Crippen LogP contribution is -2.51. The van der Waals surface area contributed by atoms with Crippen molar-refractivity contribution in [2.45, 2.75) is 51.8 Å². The molecular weight excluding hydrogens is 348 g/mol. The predicted molar refractivity (Wildman–Crippen MR) is 99.8 cm³/mol. The maximum Gasteiger partial charge on any atom is 0.410 e. The third-order valence-electron chi connectivity index (χ3n) is 4.50. The Morgan fingerprint density at radius 2 is 1.93 bits per heavy atom. The van der Waals surface area contributed by atoms with Gasteiger partial charge in [0.15, 0.2) is 0 Å². The van der Waals surface area contributed by atoms with Gasteiger partial charge in [-0.15, -0.1) is 0 Å². The summed E-state index contributed by atoms with van der Waals surface area (Å²) in [7, 11) is 1.30. The summed E-state index contributed by atoms with van der Waals surface area (Å²) in [4.78, 5) is 38.5. The van der Waals surface area contributed by atoms with E-state index in [9.17, 15) is 14.4 Å². The van der Waals surface area contributed by atoms with Crippen LogP contribution in [0.4, 0.5) is 4.79 Å². The SMILES string of the molecule is COC(=O)[C@H](CC(C)C)NC(=O)[C@@H]1CCCN1C(=O)OCc1ccccc1. The Balaban J connectivity index is 1.95. The third-order valence-corrected chi connectivity index (χ3v) is 4.50. The number of amides is 2. The van der Waals surface area contributed by atoms with E-state index in [1.54, 1.807) is 0 Å². The van der Waals surface area contributed by atoms with Crippen molar-refractivity contribution in [2.75, 3.05) is 13.7 Å². The van der Waals surface area contributed by atoms with E-state index < -0.39 is 24.1 Å². The first-order chi connectivity index (χ1) is 12.9. The van der Waals surface area contributed by atoms with Gasteiger partial charge in [-0.1, -0.05) is 44.2 Å². The van der Waals surface area contributed by atoms with Crippen LogP contribution in [0, 0.1) is 5.92 Å². The Morgan fingerprint density at radius 3 is 2.56 bits per heavy atom. The molecule has 2 amide bonds. The molecule has 2 rings (SSSR count). The molecule has 1 aromatic rings. The fourth-order valence-electron chi connectivity index (χ4n) is 3.16. The van der Waals surface area contributed by atoms with Gasteiger partial charge in [-0.2, -0.15) is 0 Å². The van der Waals surface area contributed by atoms with Crippen LogP contribution in [0.3, 0.4) is 0 Å². The average molecular weight is 376 g/mol. The van der Waals surface area contributed by atoms with Crippen LogP contribution in [-0.4, -0.2) is 48.6 Å². The molecule has 1 aromatic carbocycles. The fraction of sp³-hybridized carbons (Fsp3) is 0.550. The van der Waals surface area contributed by atoms with Gasteiger partial charge < -0.3 is 14.8 Å². The summed E-state index contributed by atoms with van der Waals surface area (Å²) < 4.78 is 10.1. The third kappa shape index (κ3) is 5.98. The van der Waals surface area contributed by atoms with Gasteiger partial charge in [0, 0.05) is 6.54 Å². The van der Waals surface area contributed by atoms with E-state index in [0.717, 1.165) is 5.56 Å². The summed E-state index contributed by atoms with van der Waals surface area (Å²) in [5.74, 6) is -0.613. The Bertz CT molecular complexity index is 647. The van der Waals surface area contributed by atoms with Crippen molar-refractivity contribution in [1.29, 1.82) is 0 Å². The second-order valence-electron chi connectivity index (χ2n) is 7.11. The van der Waals surface area contributed by atoms with Gasteiger partial charge in [-0.05, 0) is 30.7 Å². The molecule has 0 bridgehead atoms. The van der Waals surface area contributed by atoms with Crippen LogP contribution in [0.1, 0.15) is 38.7 Å². The zero-order chi connectivity index (χ0) is 19.8. The van der Waals surface area contributed by atoms with Crippen molar-refractivity contribution in [3.63, 3.8) is 0 Å². The van der Waals surface area contributed by atoms with Crippen LogP contribution in [0.25, 0.3) is 0 Å². The topological polar surface area (TPSA) is 84.9 Å². The van der Waals surface area contributed by atoms with E-state index >= 15 is 0 Å². The summed E-state index contributed by atoms with van der Waals surface area (Å²) in [6.45, 7) is 4.54. The minimum absolute atomic E-state index is 0.155. The number of esters is 1. The zero-order valence-electron chi connectivity index (χ0n) is 16.1. The van der Waals surface area contributed by atoms with E-state index in [0.29, 0.717) is 25.8 Å². The molecule has 1 heterocycles. The molecule has 0 spiro atoms. The zero-order valence-corrected chi connectivity index (χ0v) is 16.1. The quantitative estimate of drug-likeness (QED) is 0.739. The number of hydrogen-bond acceptors (Lipinski definition) is 5. The van der Waals surface area contributed by atoms with Crippen LogP contribution >= 0.6 is 0 Å². The average Bonchev–Trinajstić information content (AvgIpc) is 3.15. The highest BCUT2D eigenvalue weighted by atomic mass is 16.6. The van der Waals surface area contributed by atoms with Crippen molar-refractivity contribution < 1.29 is 23.9 Å². The second-order valence-corrected chi connectivity index (χ2v) is 7.11. The number of hydrogen-bond donors (Lipinski definition) is 1. The smallest absolute Gasteiger partial charge is 0.410 e. The first-order valence-corrected chi connectivity index (χ1v) is 9.28. The largest absolute Gasteiger partial charge is 0.467 e. The van der Waals surface area contributed by atoms with Crippen LogP contribution in [-0.2, 0) is 25.7 Å². The number of carbonyl (C=O) groups excluding carboxylic acids is 3. The number of methoxy groups -OCH3 is 1. The standard InChI is InChI=1S/C20H28N2O5/c1-14(2)12-16(19(24)26-3)21-18(23)17-10-7-11-22(17)20(25)27-13-15-8-5-4-6-9-15/h4-6,8-9,14,16-17H,7,10-13H2,1-3H3,(H,21,23)/t16-,17-/m0/s1. The normalized spacial score (nSPS) is 17.5. The lowest BCUT2D eigenvalue weighted by molar-refractivity contribution is -0.146. The minimum atomic E-state index is -0.717. The van der Waals surface area contributed by atoms with Crippen LogP contribution in [0.2, 0.25) is 0 Å². The van der Waals surface area contributed by atoms with Crippen LogP contribution in [0.5, 0.6) is 0 Å². The van der Waals surface area contributed by atoms with E-state index in [-0.39, 0.29) is 18.4 Å². The Hall–Kier alpha value is -2.57. The minimum Gasteiger partial charge on any atom is -0.467 e. The molecule has 1 aliphatic heterocycles. The maximum atomic E-state index is 12.7. The number of rotatable bonds is 7. The fourth-order valence-corrected chi connectivity index (χ4v) is 3.16. The number of nitrogens with zero attached hydrogens (tertiary/aromatic N) is 1. The first kappa shape index (κ1) is 20.7. The number of carbonyl (C=O) groups is 3. The number of nitrogens with one attached hydrogen (secondary N) is 1. The molecule has 0 unspecified atom stereocenters. The lowest BCUT2D eigenvalue weighted by atomic mass is 10.0. The van der Waals surface area contributed by atoms with E-state index in [2.05, 4.69) is 5.32 Å². The molecule has 1 N–H and O–H groups in total. The van der Waals surface area contributed by atoms with Gasteiger partial charge >= 0.3 is 12.1 Å². The molecule has 1 saturated heterocycles. The lowest BCUT2D eigenvalue weighted by Gasteiger charge is -2.26. The Kier molecular flexibility index (Phi) is 7.64. The Morgan fingerprint density at radius 1 is 1.22 bits per heavy atom.